The summed E-state index contributed by atoms with van der Waals surface area (Å²) in [6, 6.07) is 7.63. The summed E-state index contributed by atoms with van der Waals surface area (Å²) in [6.45, 7) is 3.08. The van der Waals surface area contributed by atoms with Crippen LogP contribution in [0.2, 0.25) is 0 Å². The fourth-order valence-corrected chi connectivity index (χ4v) is 2.34. The number of benzene rings is 2. The summed E-state index contributed by atoms with van der Waals surface area (Å²) in [4.78, 5) is 32.7. The van der Waals surface area contributed by atoms with Crippen molar-refractivity contribution in [2.45, 2.75) is 13.8 Å². The summed E-state index contributed by atoms with van der Waals surface area (Å²) in [5.74, 6) is -3.50. The molecule has 0 unspecified atom stereocenters. The van der Waals surface area contributed by atoms with Gasteiger partial charge in [0, 0.05) is 11.8 Å². The summed E-state index contributed by atoms with van der Waals surface area (Å²) < 4.78 is 30.9. The maximum atomic E-state index is 13.1. The lowest BCUT2D eigenvalue weighted by Crippen LogP contribution is -2.21. The number of hydrogen-bond donors (Lipinski definition) is 1. The summed E-state index contributed by atoms with van der Waals surface area (Å²) in [6.07, 6.45) is 0. The molecule has 0 aliphatic rings. The van der Waals surface area contributed by atoms with E-state index in [0.29, 0.717) is 11.0 Å². The van der Waals surface area contributed by atoms with Gasteiger partial charge in [0.15, 0.2) is 18.2 Å². The third kappa shape index (κ3) is 4.22. The highest BCUT2D eigenvalue weighted by molar-refractivity contribution is 5.97. The van der Waals surface area contributed by atoms with Crippen molar-refractivity contribution in [3.05, 3.63) is 65.0 Å². The van der Waals surface area contributed by atoms with Gasteiger partial charge in [-0.1, -0.05) is 0 Å². The van der Waals surface area contributed by atoms with Gasteiger partial charge in [-0.15, -0.1) is 0 Å². The smallest absolute Gasteiger partial charge is 0.338 e. The highest BCUT2D eigenvalue weighted by Gasteiger charge is 2.13. The van der Waals surface area contributed by atoms with Gasteiger partial charge in [0.1, 0.15) is 0 Å². The number of rotatable bonds is 4. The molecule has 1 heterocycles. The molecule has 2 aromatic carbocycles. The number of aryl methyl sites for hydroxylation is 2. The molecule has 3 rings (SSSR count). The normalized spacial score (nSPS) is 10.7. The summed E-state index contributed by atoms with van der Waals surface area (Å²) in [5, 5.41) is 2.31. The van der Waals surface area contributed by atoms with E-state index in [0.717, 1.165) is 23.5 Å². The van der Waals surface area contributed by atoms with Gasteiger partial charge >= 0.3 is 5.97 Å². The van der Waals surface area contributed by atoms with Crippen LogP contribution in [-0.4, -0.2) is 28.5 Å². The van der Waals surface area contributed by atoms with Crippen LogP contribution in [0.1, 0.15) is 21.7 Å². The summed E-state index contributed by atoms with van der Waals surface area (Å²) in [5.41, 5.74) is 3.01. The van der Waals surface area contributed by atoms with Gasteiger partial charge in [-0.05, 0) is 44.2 Å². The molecular formula is C19H15F2N3O3. The quantitative estimate of drug-likeness (QED) is 0.712. The lowest BCUT2D eigenvalue weighted by atomic mass is 10.2. The van der Waals surface area contributed by atoms with E-state index in [1.54, 1.807) is 6.07 Å². The number of aromatic nitrogens is 2. The molecule has 3 aromatic rings. The van der Waals surface area contributed by atoms with Crippen molar-refractivity contribution in [3.8, 4) is 0 Å². The number of nitrogens with one attached hydrogen (secondary N) is 1. The minimum Gasteiger partial charge on any atom is -0.452 e. The van der Waals surface area contributed by atoms with Gasteiger partial charge in [0.2, 0.25) is 0 Å². The van der Waals surface area contributed by atoms with Crippen molar-refractivity contribution >= 4 is 28.6 Å². The van der Waals surface area contributed by atoms with E-state index in [4.69, 9.17) is 4.74 Å². The molecule has 6 nitrogen and oxygen atoms in total. The van der Waals surface area contributed by atoms with Crippen LogP contribution in [0.5, 0.6) is 0 Å². The van der Waals surface area contributed by atoms with E-state index in [1.807, 2.05) is 13.8 Å². The van der Waals surface area contributed by atoms with E-state index in [-0.39, 0.29) is 11.3 Å². The van der Waals surface area contributed by atoms with E-state index in [1.165, 1.54) is 18.2 Å². The molecule has 0 aliphatic heterocycles. The topological polar surface area (TPSA) is 81.2 Å². The Morgan fingerprint density at radius 1 is 0.963 bits per heavy atom. The number of ether oxygens (including phenoxy) is 1. The highest BCUT2D eigenvalue weighted by atomic mass is 19.2. The number of nitrogens with zero attached hydrogens (tertiary/aromatic N) is 2. The molecule has 0 fully saturated rings. The van der Waals surface area contributed by atoms with E-state index >= 15 is 0 Å². The number of fused-ring (bicyclic) bond motifs is 1. The van der Waals surface area contributed by atoms with Crippen LogP contribution in [0, 0.1) is 25.5 Å². The molecule has 0 aliphatic carbocycles. The zero-order valence-electron chi connectivity index (χ0n) is 14.5. The van der Waals surface area contributed by atoms with Crippen LogP contribution in [0.3, 0.4) is 0 Å². The molecule has 0 atom stereocenters. The Kier molecular flexibility index (Phi) is 5.07. The van der Waals surface area contributed by atoms with Gasteiger partial charge in [0.25, 0.3) is 5.91 Å². The third-order valence-electron chi connectivity index (χ3n) is 3.85. The molecule has 27 heavy (non-hydrogen) atoms. The number of carbonyl (C=O) groups excluding carboxylic acids is 2. The molecule has 1 amide bonds. The first kappa shape index (κ1) is 18.4. The van der Waals surface area contributed by atoms with Crippen molar-refractivity contribution in [2.24, 2.45) is 0 Å². The van der Waals surface area contributed by atoms with Gasteiger partial charge in [-0.2, -0.15) is 0 Å². The minimum absolute atomic E-state index is 0.0572. The first-order valence-corrected chi connectivity index (χ1v) is 8.00. The lowest BCUT2D eigenvalue weighted by molar-refractivity contribution is -0.119. The first-order valence-electron chi connectivity index (χ1n) is 8.00. The third-order valence-corrected chi connectivity index (χ3v) is 3.85. The molecule has 8 heteroatoms. The summed E-state index contributed by atoms with van der Waals surface area (Å²) in [7, 11) is 0. The second-order valence-electron chi connectivity index (χ2n) is 5.85. The van der Waals surface area contributed by atoms with Gasteiger partial charge in [-0.25, -0.2) is 23.5 Å². The van der Waals surface area contributed by atoms with E-state index in [9.17, 15) is 18.4 Å². The Bertz CT molecular complexity index is 1050. The van der Waals surface area contributed by atoms with Crippen LogP contribution in [0.15, 0.2) is 36.4 Å². The lowest BCUT2D eigenvalue weighted by Gasteiger charge is -2.08. The van der Waals surface area contributed by atoms with Crippen LogP contribution in [-0.2, 0) is 9.53 Å². The first-order chi connectivity index (χ1) is 12.8. The SMILES string of the molecule is Cc1nc2ccc(C(=O)OCC(=O)Nc3ccc(F)c(F)c3)cc2nc1C. The van der Waals surface area contributed by atoms with Crippen molar-refractivity contribution in [2.75, 3.05) is 11.9 Å². The predicted octanol–water partition coefficient (Wildman–Crippen LogP) is 3.32. The average Bonchev–Trinajstić information content (AvgIpc) is 2.63. The fraction of sp³-hybridized carbons (Fsp3) is 0.158. The average molecular weight is 371 g/mol. The number of hydrogen-bond acceptors (Lipinski definition) is 5. The molecule has 1 N–H and O–H groups in total. The Labute approximate surface area is 153 Å². The van der Waals surface area contributed by atoms with Crippen molar-refractivity contribution in [3.63, 3.8) is 0 Å². The maximum Gasteiger partial charge on any atom is 0.338 e. The number of anilines is 1. The van der Waals surface area contributed by atoms with Crippen LogP contribution in [0.25, 0.3) is 11.0 Å². The second-order valence-corrected chi connectivity index (χ2v) is 5.85. The Morgan fingerprint density at radius 3 is 2.37 bits per heavy atom. The van der Waals surface area contributed by atoms with E-state index in [2.05, 4.69) is 15.3 Å². The van der Waals surface area contributed by atoms with Crippen molar-refractivity contribution in [1.82, 2.24) is 9.97 Å². The standard InChI is InChI=1S/C19H15F2N3O3/c1-10-11(2)23-17-7-12(3-6-16(17)22-10)19(26)27-9-18(25)24-13-4-5-14(20)15(21)8-13/h3-8H,9H2,1-2H3,(H,24,25). The number of amides is 1. The zero-order chi connectivity index (χ0) is 19.6. The molecule has 1 aromatic heterocycles. The zero-order valence-corrected chi connectivity index (χ0v) is 14.5. The van der Waals surface area contributed by atoms with E-state index < -0.39 is 30.1 Å². The molecule has 138 valence electrons. The molecule has 0 radical (unpaired) electrons. The fourth-order valence-electron chi connectivity index (χ4n) is 2.34. The summed E-state index contributed by atoms with van der Waals surface area (Å²) >= 11 is 0. The molecule has 0 saturated carbocycles. The monoisotopic (exact) mass is 371 g/mol. The predicted molar refractivity (Wildman–Crippen MR) is 94.3 cm³/mol. The Hall–Kier alpha value is -3.42. The minimum atomic E-state index is -1.09. The van der Waals surface area contributed by atoms with Gasteiger partial charge < -0.3 is 10.1 Å². The van der Waals surface area contributed by atoms with Crippen LogP contribution in [0.4, 0.5) is 14.5 Å². The second kappa shape index (κ2) is 7.45. The molecular weight excluding hydrogens is 356 g/mol. The van der Waals surface area contributed by atoms with Crippen LogP contribution < -0.4 is 5.32 Å². The Morgan fingerprint density at radius 2 is 1.67 bits per heavy atom. The van der Waals surface area contributed by atoms with Gasteiger partial charge in [-0.3, -0.25) is 4.79 Å². The van der Waals surface area contributed by atoms with Crippen molar-refractivity contribution in [1.29, 1.82) is 0 Å². The highest BCUT2D eigenvalue weighted by Crippen LogP contribution is 2.16. The van der Waals surface area contributed by atoms with Crippen molar-refractivity contribution < 1.29 is 23.1 Å². The maximum absolute atomic E-state index is 13.1. The number of carbonyl (C=O) groups is 2. The molecule has 0 bridgehead atoms. The Balaban J connectivity index is 1.64. The van der Waals surface area contributed by atoms with Gasteiger partial charge in [0.05, 0.1) is 28.0 Å². The number of esters is 1. The largest absolute Gasteiger partial charge is 0.452 e. The molecule has 0 saturated heterocycles. The molecule has 0 spiro atoms. The van der Waals surface area contributed by atoms with Crippen LogP contribution >= 0.6 is 0 Å². The number of halogens is 2.